The Kier molecular flexibility index (Phi) is 1.84. The van der Waals surface area contributed by atoms with Gasteiger partial charge in [-0.05, 0) is 0 Å². The Labute approximate surface area is 84.9 Å². The largest absolute Gasteiger partial charge is 0.369 e. The molecule has 2 unspecified atom stereocenters. The van der Waals surface area contributed by atoms with Crippen molar-refractivity contribution in [2.75, 3.05) is 0 Å². The van der Waals surface area contributed by atoms with Crippen LogP contribution < -0.4 is 0 Å². The van der Waals surface area contributed by atoms with Gasteiger partial charge in [0.2, 0.25) is 0 Å². The highest BCUT2D eigenvalue weighted by molar-refractivity contribution is 6.52. The number of ether oxygens (including phenoxy) is 1. The molecule has 0 spiro atoms. The summed E-state index contributed by atoms with van der Waals surface area (Å²) in [6, 6.07) is 0. The SMILES string of the molecule is ClC1(Cl)CC1OC1CC1(Cl)Cl. The van der Waals surface area contributed by atoms with Crippen LogP contribution in [0.15, 0.2) is 0 Å². The van der Waals surface area contributed by atoms with Gasteiger partial charge in [0.15, 0.2) is 0 Å². The molecule has 0 bridgehead atoms. The van der Waals surface area contributed by atoms with Crippen LogP contribution in [0, 0.1) is 0 Å². The van der Waals surface area contributed by atoms with Gasteiger partial charge in [-0.1, -0.05) is 46.4 Å². The number of alkyl halides is 4. The van der Waals surface area contributed by atoms with Crippen LogP contribution in [0.4, 0.5) is 0 Å². The van der Waals surface area contributed by atoms with E-state index >= 15 is 0 Å². The van der Waals surface area contributed by atoms with Crippen LogP contribution in [0.5, 0.6) is 0 Å². The van der Waals surface area contributed by atoms with Crippen molar-refractivity contribution in [2.24, 2.45) is 0 Å². The summed E-state index contributed by atoms with van der Waals surface area (Å²) in [7, 11) is 0. The Bertz CT molecular complexity index is 171. The molecule has 1 nitrogen and oxygen atoms in total. The van der Waals surface area contributed by atoms with Crippen LogP contribution in [0.2, 0.25) is 0 Å². The molecule has 2 rings (SSSR count). The lowest BCUT2D eigenvalue weighted by Gasteiger charge is -2.02. The normalized spacial score (nSPS) is 43.6. The second kappa shape index (κ2) is 2.33. The maximum atomic E-state index is 5.73. The van der Waals surface area contributed by atoms with Crippen LogP contribution in [-0.2, 0) is 4.74 Å². The molecular formula is C6H6Cl4O. The molecule has 2 saturated carbocycles. The molecule has 0 aliphatic heterocycles. The van der Waals surface area contributed by atoms with E-state index in [-0.39, 0.29) is 12.2 Å². The molecule has 11 heavy (non-hydrogen) atoms. The van der Waals surface area contributed by atoms with Crippen molar-refractivity contribution < 1.29 is 4.74 Å². The molecule has 5 heteroatoms. The van der Waals surface area contributed by atoms with Crippen molar-refractivity contribution >= 4 is 46.4 Å². The van der Waals surface area contributed by atoms with Gasteiger partial charge >= 0.3 is 0 Å². The summed E-state index contributed by atoms with van der Waals surface area (Å²) in [5.74, 6) is 0. The topological polar surface area (TPSA) is 9.23 Å². The van der Waals surface area contributed by atoms with Gasteiger partial charge < -0.3 is 4.74 Å². The van der Waals surface area contributed by atoms with Gasteiger partial charge in [-0.25, -0.2) is 0 Å². The minimum absolute atomic E-state index is 0.0739. The third kappa shape index (κ3) is 1.73. The zero-order valence-corrected chi connectivity index (χ0v) is 8.51. The highest BCUT2D eigenvalue weighted by Gasteiger charge is 2.61. The third-order valence-corrected chi connectivity index (χ3v) is 3.46. The van der Waals surface area contributed by atoms with Crippen LogP contribution in [0.25, 0.3) is 0 Å². The van der Waals surface area contributed by atoms with E-state index in [9.17, 15) is 0 Å². The quantitative estimate of drug-likeness (QED) is 0.669. The van der Waals surface area contributed by atoms with E-state index in [4.69, 9.17) is 51.1 Å². The van der Waals surface area contributed by atoms with E-state index in [0.29, 0.717) is 12.8 Å². The highest BCUT2D eigenvalue weighted by atomic mass is 35.5. The Hall–Kier alpha value is 1.12. The Balaban J connectivity index is 1.79. The summed E-state index contributed by atoms with van der Waals surface area (Å²) in [5, 5.41) is 0. The first-order valence-electron chi connectivity index (χ1n) is 3.33. The summed E-state index contributed by atoms with van der Waals surface area (Å²) < 4.78 is 4.00. The molecule has 0 aromatic heterocycles. The molecular weight excluding hydrogens is 230 g/mol. The predicted octanol–water partition coefficient (Wildman–Crippen LogP) is 2.90. The summed E-state index contributed by atoms with van der Waals surface area (Å²) in [5.41, 5.74) is 0. The molecule has 0 saturated heterocycles. The van der Waals surface area contributed by atoms with Gasteiger partial charge in [-0.15, -0.1) is 0 Å². The number of halogens is 4. The first-order chi connectivity index (χ1) is 4.92. The number of hydrogen-bond acceptors (Lipinski definition) is 1. The average molecular weight is 236 g/mol. The maximum absolute atomic E-state index is 5.73. The fraction of sp³-hybridized carbons (Fsp3) is 1.00. The van der Waals surface area contributed by atoms with Gasteiger partial charge in [0.05, 0.1) is 12.2 Å². The molecule has 64 valence electrons. The summed E-state index contributed by atoms with van der Waals surface area (Å²) >= 11 is 22.9. The fourth-order valence-electron chi connectivity index (χ4n) is 0.870. The van der Waals surface area contributed by atoms with Crippen molar-refractivity contribution in [2.45, 2.75) is 33.7 Å². The minimum Gasteiger partial charge on any atom is -0.369 e. The molecule has 0 radical (unpaired) electrons. The molecule has 0 heterocycles. The van der Waals surface area contributed by atoms with E-state index in [1.165, 1.54) is 0 Å². The van der Waals surface area contributed by atoms with Gasteiger partial charge in [0.25, 0.3) is 0 Å². The van der Waals surface area contributed by atoms with Crippen molar-refractivity contribution in [3.8, 4) is 0 Å². The molecule has 0 aromatic carbocycles. The fourth-order valence-corrected chi connectivity index (χ4v) is 1.64. The lowest BCUT2D eigenvalue weighted by molar-refractivity contribution is 0.101. The van der Waals surface area contributed by atoms with E-state index in [0.717, 1.165) is 0 Å². The molecule has 2 fully saturated rings. The Morgan fingerprint density at radius 2 is 1.18 bits per heavy atom. The van der Waals surface area contributed by atoms with E-state index in [2.05, 4.69) is 0 Å². The summed E-state index contributed by atoms with van der Waals surface area (Å²) in [6.45, 7) is 0. The van der Waals surface area contributed by atoms with Gasteiger partial charge in [-0.2, -0.15) is 0 Å². The summed E-state index contributed by atoms with van der Waals surface area (Å²) in [6.07, 6.45) is 1.21. The molecule has 0 N–H and O–H groups in total. The first-order valence-corrected chi connectivity index (χ1v) is 4.84. The molecule has 2 aliphatic carbocycles. The number of hydrogen-bond donors (Lipinski definition) is 0. The highest BCUT2D eigenvalue weighted by Crippen LogP contribution is 2.56. The Morgan fingerprint density at radius 1 is 0.909 bits per heavy atom. The van der Waals surface area contributed by atoms with Crippen LogP contribution in [0.3, 0.4) is 0 Å². The first kappa shape index (κ1) is 8.71. The lowest BCUT2D eigenvalue weighted by atomic mass is 10.7. The van der Waals surface area contributed by atoms with Gasteiger partial charge in [0, 0.05) is 12.8 Å². The second-order valence-corrected chi connectivity index (χ2v) is 6.13. The summed E-state index contributed by atoms with van der Waals surface area (Å²) in [4.78, 5) is 0. The number of rotatable bonds is 2. The predicted molar refractivity (Wildman–Crippen MR) is 46.8 cm³/mol. The zero-order valence-electron chi connectivity index (χ0n) is 5.49. The minimum atomic E-state index is -0.688. The second-order valence-electron chi connectivity index (χ2n) is 3.04. The van der Waals surface area contributed by atoms with E-state index in [1.54, 1.807) is 0 Å². The zero-order chi connectivity index (χ0) is 8.28. The van der Waals surface area contributed by atoms with Crippen molar-refractivity contribution in [3.05, 3.63) is 0 Å². The van der Waals surface area contributed by atoms with Crippen molar-refractivity contribution in [1.29, 1.82) is 0 Å². The monoisotopic (exact) mass is 234 g/mol. The maximum Gasteiger partial charge on any atom is 0.146 e. The van der Waals surface area contributed by atoms with E-state index < -0.39 is 8.67 Å². The molecule has 0 aromatic rings. The van der Waals surface area contributed by atoms with Gasteiger partial charge in [0.1, 0.15) is 8.67 Å². The Morgan fingerprint density at radius 3 is 1.36 bits per heavy atom. The molecule has 2 atom stereocenters. The van der Waals surface area contributed by atoms with Crippen molar-refractivity contribution in [3.63, 3.8) is 0 Å². The van der Waals surface area contributed by atoms with Crippen molar-refractivity contribution in [1.82, 2.24) is 0 Å². The average Bonchev–Trinajstić information content (AvgIpc) is 2.54. The standard InChI is InChI=1S/C6H6Cl4O/c7-5(8)1-3(5)11-4-2-6(4,9)10/h3-4H,1-2H2. The van der Waals surface area contributed by atoms with Gasteiger partial charge in [-0.3, -0.25) is 0 Å². The van der Waals surface area contributed by atoms with Crippen LogP contribution >= 0.6 is 46.4 Å². The van der Waals surface area contributed by atoms with Crippen LogP contribution in [0.1, 0.15) is 12.8 Å². The molecule has 0 amide bonds. The van der Waals surface area contributed by atoms with E-state index in [1.807, 2.05) is 0 Å². The smallest absolute Gasteiger partial charge is 0.146 e. The lowest BCUT2D eigenvalue weighted by Crippen LogP contribution is -2.08. The third-order valence-electron chi connectivity index (χ3n) is 1.87. The van der Waals surface area contributed by atoms with Crippen LogP contribution in [-0.4, -0.2) is 20.9 Å². The molecule has 2 aliphatic rings.